The van der Waals surface area contributed by atoms with E-state index in [0.717, 1.165) is 60.5 Å². The van der Waals surface area contributed by atoms with E-state index in [9.17, 15) is 0 Å². The van der Waals surface area contributed by atoms with Crippen LogP contribution in [0.1, 0.15) is 11.1 Å². The van der Waals surface area contributed by atoms with Crippen LogP contribution in [0.25, 0.3) is 0 Å². The third kappa shape index (κ3) is 6.05. The van der Waals surface area contributed by atoms with E-state index in [0.29, 0.717) is 19.8 Å². The highest BCUT2D eigenvalue weighted by Crippen LogP contribution is 2.42. The molecule has 3 aromatic rings. The van der Waals surface area contributed by atoms with Gasteiger partial charge in [0.15, 0.2) is 0 Å². The summed E-state index contributed by atoms with van der Waals surface area (Å²) in [6.07, 6.45) is 0. The molecule has 2 aliphatic rings. The van der Waals surface area contributed by atoms with Gasteiger partial charge in [0.2, 0.25) is 0 Å². The van der Waals surface area contributed by atoms with Crippen molar-refractivity contribution in [2.24, 2.45) is 4.99 Å². The molecule has 0 unspecified atom stereocenters. The molecule has 0 amide bonds. The summed E-state index contributed by atoms with van der Waals surface area (Å²) in [5.41, 5.74) is 3.31. The first-order valence-corrected chi connectivity index (χ1v) is 12.9. The number of rotatable bonds is 8. The van der Waals surface area contributed by atoms with E-state index in [4.69, 9.17) is 19.6 Å². The van der Waals surface area contributed by atoms with E-state index >= 15 is 0 Å². The lowest BCUT2D eigenvalue weighted by molar-refractivity contribution is 0.0652. The molecule has 0 radical (unpaired) electrons. The molecule has 1 fully saturated rings. The topological polar surface area (TPSA) is 57.5 Å². The van der Waals surface area contributed by atoms with E-state index in [1.54, 1.807) is 11.8 Å². The Morgan fingerprint density at radius 1 is 0.857 bits per heavy atom. The molecule has 0 spiro atoms. The third-order valence-electron chi connectivity index (χ3n) is 6.21. The molecule has 2 heterocycles. The summed E-state index contributed by atoms with van der Waals surface area (Å²) >= 11 is 1.75. The van der Waals surface area contributed by atoms with Crippen LogP contribution in [0.15, 0.2) is 87.6 Å². The monoisotopic (exact) mass is 489 g/mol. The fourth-order valence-corrected chi connectivity index (χ4v) is 5.36. The number of fused-ring (bicyclic) bond motifs is 2. The number of aliphatic hydroxyl groups is 1. The molecule has 0 atom stereocenters. The summed E-state index contributed by atoms with van der Waals surface area (Å²) < 4.78 is 11.5. The van der Waals surface area contributed by atoms with Gasteiger partial charge in [-0.25, -0.2) is 4.99 Å². The Kier molecular flexibility index (Phi) is 8.00. The predicted octanol–water partition coefficient (Wildman–Crippen LogP) is 4.44. The molecule has 6 nitrogen and oxygen atoms in total. The largest absolute Gasteiger partial charge is 0.489 e. The Morgan fingerprint density at radius 2 is 1.66 bits per heavy atom. The van der Waals surface area contributed by atoms with Gasteiger partial charge < -0.3 is 19.5 Å². The van der Waals surface area contributed by atoms with E-state index < -0.39 is 0 Å². The highest BCUT2D eigenvalue weighted by Gasteiger charge is 2.25. The third-order valence-corrected chi connectivity index (χ3v) is 7.34. The number of aliphatic imine (C=N–C) groups is 1. The molecule has 0 aliphatic carbocycles. The second-order valence-electron chi connectivity index (χ2n) is 8.60. The second-order valence-corrected chi connectivity index (χ2v) is 9.69. The Balaban J connectivity index is 1.32. The molecule has 3 aromatic carbocycles. The van der Waals surface area contributed by atoms with Gasteiger partial charge in [-0.05, 0) is 29.8 Å². The first kappa shape index (κ1) is 23.9. The van der Waals surface area contributed by atoms with E-state index in [1.165, 1.54) is 10.5 Å². The summed E-state index contributed by atoms with van der Waals surface area (Å²) in [6.45, 7) is 6.36. The average Bonchev–Trinajstić information content (AvgIpc) is 3.07. The highest BCUT2D eigenvalue weighted by molar-refractivity contribution is 7.99. The van der Waals surface area contributed by atoms with Crippen molar-refractivity contribution in [1.29, 1.82) is 0 Å². The van der Waals surface area contributed by atoms with Crippen LogP contribution in [0, 0.1) is 0 Å². The maximum atomic E-state index is 8.88. The van der Waals surface area contributed by atoms with Crippen LogP contribution in [0.3, 0.4) is 0 Å². The van der Waals surface area contributed by atoms with Crippen molar-refractivity contribution >= 4 is 23.3 Å². The van der Waals surface area contributed by atoms with Crippen LogP contribution in [-0.4, -0.2) is 73.3 Å². The SMILES string of the molecule is OCCOCCN1CCN(C2=Nc3ccc(OCc4ccccc4)cc3Sc3ccccc32)CC1. The van der Waals surface area contributed by atoms with Gasteiger partial charge in [0.1, 0.15) is 18.2 Å². The van der Waals surface area contributed by atoms with Crippen molar-refractivity contribution in [2.75, 3.05) is 52.5 Å². The van der Waals surface area contributed by atoms with Crippen molar-refractivity contribution in [3.05, 3.63) is 83.9 Å². The molecule has 5 rings (SSSR count). The maximum Gasteiger partial charge on any atom is 0.137 e. The van der Waals surface area contributed by atoms with Gasteiger partial charge >= 0.3 is 0 Å². The van der Waals surface area contributed by atoms with Gasteiger partial charge in [0, 0.05) is 48.1 Å². The van der Waals surface area contributed by atoms with Crippen molar-refractivity contribution in [2.45, 2.75) is 16.4 Å². The molecule has 1 saturated heterocycles. The van der Waals surface area contributed by atoms with Gasteiger partial charge in [0.05, 0.1) is 25.5 Å². The van der Waals surface area contributed by atoms with Gasteiger partial charge in [-0.2, -0.15) is 0 Å². The average molecular weight is 490 g/mol. The summed E-state index contributed by atoms with van der Waals surface area (Å²) in [7, 11) is 0. The molecule has 2 aliphatic heterocycles. The molecule has 182 valence electrons. The first-order chi connectivity index (χ1) is 17.3. The van der Waals surface area contributed by atoms with Crippen LogP contribution < -0.4 is 4.74 Å². The fourth-order valence-electron chi connectivity index (χ4n) is 4.32. The van der Waals surface area contributed by atoms with Crippen molar-refractivity contribution in [3.63, 3.8) is 0 Å². The van der Waals surface area contributed by atoms with Crippen LogP contribution in [0.4, 0.5) is 5.69 Å². The van der Waals surface area contributed by atoms with Crippen LogP contribution in [0.2, 0.25) is 0 Å². The van der Waals surface area contributed by atoms with Crippen LogP contribution in [0.5, 0.6) is 5.75 Å². The molecule has 0 saturated carbocycles. The lowest BCUT2D eigenvalue weighted by atomic mass is 10.1. The fraction of sp³-hybridized carbons (Fsp3) is 0.321. The molecular weight excluding hydrogens is 458 g/mol. The van der Waals surface area contributed by atoms with Gasteiger partial charge in [0.25, 0.3) is 0 Å². The number of hydrogen-bond donors (Lipinski definition) is 1. The lowest BCUT2D eigenvalue weighted by Gasteiger charge is -2.36. The Hall–Kier alpha value is -2.84. The molecule has 0 bridgehead atoms. The summed E-state index contributed by atoms with van der Waals surface area (Å²) in [6, 6.07) is 25.0. The first-order valence-electron chi connectivity index (χ1n) is 12.1. The quantitative estimate of drug-likeness (QED) is 0.473. The van der Waals surface area contributed by atoms with E-state index in [1.807, 2.05) is 24.3 Å². The standard InChI is InChI=1S/C28H31N3O3S/c32-17-19-33-18-16-30-12-14-31(15-13-30)28-24-8-4-5-9-26(24)35-27-20-23(10-11-25(27)29-28)34-21-22-6-2-1-3-7-22/h1-11,20,32H,12-19,21H2. The predicted molar refractivity (Wildman–Crippen MR) is 140 cm³/mol. The molecular formula is C28H31N3O3S. The van der Waals surface area contributed by atoms with Crippen LogP contribution >= 0.6 is 11.8 Å². The minimum Gasteiger partial charge on any atom is -0.489 e. The number of aliphatic hydroxyl groups excluding tert-OH is 1. The minimum absolute atomic E-state index is 0.0765. The van der Waals surface area contributed by atoms with E-state index in [2.05, 4.69) is 58.3 Å². The normalized spacial score (nSPS) is 15.7. The zero-order chi connectivity index (χ0) is 23.9. The number of nitrogens with zero attached hydrogens (tertiary/aromatic N) is 3. The van der Waals surface area contributed by atoms with Gasteiger partial charge in [-0.15, -0.1) is 0 Å². The number of piperazine rings is 1. The summed E-state index contributed by atoms with van der Waals surface area (Å²) in [5, 5.41) is 8.88. The van der Waals surface area contributed by atoms with Gasteiger partial charge in [-0.1, -0.05) is 60.3 Å². The summed E-state index contributed by atoms with van der Waals surface area (Å²) in [4.78, 5) is 12.3. The molecule has 35 heavy (non-hydrogen) atoms. The number of amidine groups is 1. The van der Waals surface area contributed by atoms with Crippen molar-refractivity contribution < 1.29 is 14.6 Å². The Bertz CT molecular complexity index is 1150. The minimum atomic E-state index is 0.0765. The highest BCUT2D eigenvalue weighted by atomic mass is 32.2. The van der Waals surface area contributed by atoms with Gasteiger partial charge in [-0.3, -0.25) is 4.90 Å². The number of hydrogen-bond acceptors (Lipinski definition) is 7. The van der Waals surface area contributed by atoms with E-state index in [-0.39, 0.29) is 6.61 Å². The maximum absolute atomic E-state index is 8.88. The molecule has 0 aromatic heterocycles. The Labute approximate surface area is 211 Å². The number of ether oxygens (including phenoxy) is 2. The lowest BCUT2D eigenvalue weighted by Crippen LogP contribution is -2.49. The summed E-state index contributed by atoms with van der Waals surface area (Å²) in [5.74, 6) is 1.90. The molecule has 7 heteroatoms. The second kappa shape index (κ2) is 11.7. The van der Waals surface area contributed by atoms with Crippen molar-refractivity contribution in [3.8, 4) is 5.75 Å². The zero-order valence-electron chi connectivity index (χ0n) is 19.8. The smallest absolute Gasteiger partial charge is 0.137 e. The zero-order valence-corrected chi connectivity index (χ0v) is 20.6. The van der Waals surface area contributed by atoms with Crippen molar-refractivity contribution in [1.82, 2.24) is 9.80 Å². The van der Waals surface area contributed by atoms with Crippen LogP contribution in [-0.2, 0) is 11.3 Å². The Morgan fingerprint density at radius 3 is 2.49 bits per heavy atom. The number of benzene rings is 3. The molecule has 1 N–H and O–H groups in total.